The van der Waals surface area contributed by atoms with E-state index in [0.717, 1.165) is 44.0 Å². The average molecular weight is 386 g/mol. The third-order valence-electron chi connectivity index (χ3n) is 5.06. The molecule has 7 nitrogen and oxygen atoms in total. The van der Waals surface area contributed by atoms with Crippen molar-refractivity contribution in [2.45, 2.75) is 46.4 Å². The molecule has 0 bridgehead atoms. The van der Waals surface area contributed by atoms with E-state index >= 15 is 0 Å². The Morgan fingerprint density at radius 2 is 2.04 bits per heavy atom. The van der Waals surface area contributed by atoms with E-state index in [0.29, 0.717) is 6.54 Å². The molecule has 0 unspecified atom stereocenters. The van der Waals surface area contributed by atoms with Crippen LogP contribution in [-0.4, -0.2) is 53.4 Å². The highest BCUT2D eigenvalue weighted by atomic mass is 16.5. The van der Waals surface area contributed by atoms with Gasteiger partial charge in [0.15, 0.2) is 0 Å². The van der Waals surface area contributed by atoms with Crippen LogP contribution in [0.4, 0.5) is 4.79 Å². The third-order valence-corrected chi connectivity index (χ3v) is 5.06. The zero-order valence-corrected chi connectivity index (χ0v) is 17.6. The summed E-state index contributed by atoms with van der Waals surface area (Å²) in [5, 5.41) is 7.56. The van der Waals surface area contributed by atoms with Crippen molar-refractivity contribution in [1.82, 2.24) is 24.9 Å². The van der Waals surface area contributed by atoms with Crippen molar-refractivity contribution in [3.8, 4) is 5.75 Å². The summed E-state index contributed by atoms with van der Waals surface area (Å²) in [4.78, 5) is 15.7. The molecule has 28 heavy (non-hydrogen) atoms. The number of nitrogens with one attached hydrogen (secondary N) is 1. The number of nitrogens with zero attached hydrogens (tertiary/aromatic N) is 4. The van der Waals surface area contributed by atoms with Gasteiger partial charge < -0.3 is 15.0 Å². The standard InChI is InChI=1S/C21H31N5O2/c1-15-9-16(2)20(28-5)17(10-15)13-25-7-6-8-26-19(14-25)11-18(23-26)12-22-21(27)24(3)4/h9-11H,6-8,12-14H2,1-5H3,(H,22,27). The lowest BCUT2D eigenvalue weighted by Crippen LogP contribution is -2.34. The molecule has 1 aromatic carbocycles. The van der Waals surface area contributed by atoms with Crippen LogP contribution >= 0.6 is 0 Å². The first kappa shape index (κ1) is 20.2. The van der Waals surface area contributed by atoms with Gasteiger partial charge in [0, 0.05) is 45.8 Å². The number of hydrogen-bond donors (Lipinski definition) is 1. The van der Waals surface area contributed by atoms with E-state index in [9.17, 15) is 4.79 Å². The molecular weight excluding hydrogens is 354 g/mol. The van der Waals surface area contributed by atoms with Gasteiger partial charge in [-0.2, -0.15) is 5.10 Å². The van der Waals surface area contributed by atoms with Crippen LogP contribution in [-0.2, 0) is 26.2 Å². The second-order valence-electron chi connectivity index (χ2n) is 7.74. The molecule has 1 N–H and O–H groups in total. The van der Waals surface area contributed by atoms with Crippen LogP contribution in [0.25, 0.3) is 0 Å². The zero-order chi connectivity index (χ0) is 20.3. The summed E-state index contributed by atoms with van der Waals surface area (Å²) in [7, 11) is 5.21. The molecule has 0 radical (unpaired) electrons. The molecular formula is C21H31N5O2. The number of aromatic nitrogens is 2. The summed E-state index contributed by atoms with van der Waals surface area (Å²) in [6.45, 7) is 8.28. The van der Waals surface area contributed by atoms with Crippen LogP contribution in [0.5, 0.6) is 5.75 Å². The van der Waals surface area contributed by atoms with Crippen LogP contribution in [0, 0.1) is 13.8 Å². The highest BCUT2D eigenvalue weighted by Gasteiger charge is 2.19. The van der Waals surface area contributed by atoms with Gasteiger partial charge in [-0.3, -0.25) is 9.58 Å². The molecule has 0 fully saturated rings. The van der Waals surface area contributed by atoms with Crippen molar-refractivity contribution >= 4 is 6.03 Å². The van der Waals surface area contributed by atoms with Crippen LogP contribution in [0.1, 0.15) is 34.5 Å². The first-order chi connectivity index (χ1) is 13.4. The molecule has 152 valence electrons. The van der Waals surface area contributed by atoms with Gasteiger partial charge in [0.05, 0.1) is 25.0 Å². The van der Waals surface area contributed by atoms with E-state index in [-0.39, 0.29) is 6.03 Å². The average Bonchev–Trinajstić information content (AvgIpc) is 2.91. The van der Waals surface area contributed by atoms with Gasteiger partial charge >= 0.3 is 6.03 Å². The molecule has 2 heterocycles. The Labute approximate surface area is 167 Å². The van der Waals surface area contributed by atoms with Gasteiger partial charge in [0.1, 0.15) is 5.75 Å². The van der Waals surface area contributed by atoms with Crippen molar-refractivity contribution in [3.05, 3.63) is 46.3 Å². The summed E-state index contributed by atoms with van der Waals surface area (Å²) in [5.41, 5.74) is 5.75. The zero-order valence-electron chi connectivity index (χ0n) is 17.6. The van der Waals surface area contributed by atoms with Gasteiger partial charge in [0.2, 0.25) is 0 Å². The second kappa shape index (κ2) is 8.65. The predicted octanol–water partition coefficient (Wildman–Crippen LogP) is 2.69. The smallest absolute Gasteiger partial charge is 0.317 e. The Hall–Kier alpha value is -2.54. The number of methoxy groups -OCH3 is 1. The van der Waals surface area contributed by atoms with Crippen LogP contribution in [0.2, 0.25) is 0 Å². The molecule has 2 aromatic rings. The number of fused-ring (bicyclic) bond motifs is 1. The lowest BCUT2D eigenvalue weighted by atomic mass is 10.0. The Balaban J connectivity index is 1.72. The number of rotatable bonds is 5. The minimum Gasteiger partial charge on any atom is -0.496 e. The van der Waals surface area contributed by atoms with Gasteiger partial charge in [0.25, 0.3) is 0 Å². The van der Waals surface area contributed by atoms with E-state index in [4.69, 9.17) is 4.74 Å². The summed E-state index contributed by atoms with van der Waals surface area (Å²) in [6, 6.07) is 6.38. The quantitative estimate of drug-likeness (QED) is 0.860. The van der Waals surface area contributed by atoms with Gasteiger partial charge in [-0.1, -0.05) is 17.7 Å². The summed E-state index contributed by atoms with van der Waals surface area (Å²) in [5.74, 6) is 0.982. The molecule has 1 aromatic heterocycles. The molecule has 0 saturated heterocycles. The van der Waals surface area contributed by atoms with Crippen LogP contribution < -0.4 is 10.1 Å². The maximum absolute atomic E-state index is 11.7. The number of benzene rings is 1. The molecule has 0 spiro atoms. The van der Waals surface area contributed by atoms with Crippen LogP contribution in [0.3, 0.4) is 0 Å². The highest BCUT2D eigenvalue weighted by molar-refractivity contribution is 5.73. The Morgan fingerprint density at radius 1 is 1.25 bits per heavy atom. The molecule has 1 aliphatic rings. The maximum Gasteiger partial charge on any atom is 0.317 e. The van der Waals surface area contributed by atoms with E-state index in [2.05, 4.69) is 52.0 Å². The van der Waals surface area contributed by atoms with Crippen molar-refractivity contribution in [1.29, 1.82) is 0 Å². The van der Waals surface area contributed by atoms with Crippen molar-refractivity contribution < 1.29 is 9.53 Å². The lowest BCUT2D eigenvalue weighted by molar-refractivity contribution is 0.217. The molecule has 1 aliphatic heterocycles. The number of carbonyl (C=O) groups is 1. The normalized spacial score (nSPS) is 14.3. The fraction of sp³-hybridized carbons (Fsp3) is 0.524. The monoisotopic (exact) mass is 385 g/mol. The van der Waals surface area contributed by atoms with Crippen molar-refractivity contribution in [3.63, 3.8) is 0 Å². The minimum absolute atomic E-state index is 0.105. The molecule has 2 amide bonds. The molecule has 0 saturated carbocycles. The number of urea groups is 1. The number of amides is 2. The minimum atomic E-state index is -0.105. The first-order valence-electron chi connectivity index (χ1n) is 9.74. The van der Waals surface area contributed by atoms with E-state index < -0.39 is 0 Å². The SMILES string of the molecule is COc1c(C)cc(C)cc1CN1CCCn2nc(CNC(=O)N(C)C)cc2C1. The number of ether oxygens (including phenoxy) is 1. The first-order valence-corrected chi connectivity index (χ1v) is 9.74. The topological polar surface area (TPSA) is 62.6 Å². The number of hydrogen-bond acceptors (Lipinski definition) is 4. The highest BCUT2D eigenvalue weighted by Crippen LogP contribution is 2.27. The summed E-state index contributed by atoms with van der Waals surface area (Å²) >= 11 is 0. The van der Waals surface area contributed by atoms with Crippen molar-refractivity contribution in [2.24, 2.45) is 0 Å². The summed E-state index contributed by atoms with van der Waals surface area (Å²) in [6.07, 6.45) is 1.05. The largest absolute Gasteiger partial charge is 0.496 e. The van der Waals surface area contributed by atoms with E-state index in [1.54, 1.807) is 21.2 Å². The number of aryl methyl sites for hydroxylation is 3. The van der Waals surface area contributed by atoms with Gasteiger partial charge in [-0.25, -0.2) is 4.79 Å². The van der Waals surface area contributed by atoms with E-state index in [1.165, 1.54) is 27.3 Å². The van der Waals surface area contributed by atoms with Crippen LogP contribution in [0.15, 0.2) is 18.2 Å². The Bertz CT molecular complexity index is 844. The fourth-order valence-corrected chi connectivity index (χ4v) is 3.83. The number of carbonyl (C=O) groups excluding carboxylic acids is 1. The Morgan fingerprint density at radius 3 is 2.75 bits per heavy atom. The lowest BCUT2D eigenvalue weighted by Gasteiger charge is -2.22. The third kappa shape index (κ3) is 4.65. The van der Waals surface area contributed by atoms with Gasteiger partial charge in [-0.15, -0.1) is 0 Å². The predicted molar refractivity (Wildman–Crippen MR) is 109 cm³/mol. The maximum atomic E-state index is 11.7. The fourth-order valence-electron chi connectivity index (χ4n) is 3.83. The molecule has 7 heteroatoms. The van der Waals surface area contributed by atoms with Gasteiger partial charge in [-0.05, 0) is 31.9 Å². The van der Waals surface area contributed by atoms with E-state index in [1.807, 2.05) is 0 Å². The molecule has 0 atom stereocenters. The molecule has 3 rings (SSSR count). The second-order valence-corrected chi connectivity index (χ2v) is 7.74. The van der Waals surface area contributed by atoms with Crippen molar-refractivity contribution in [2.75, 3.05) is 27.7 Å². The Kier molecular flexibility index (Phi) is 6.24. The molecule has 0 aliphatic carbocycles. The summed E-state index contributed by atoms with van der Waals surface area (Å²) < 4.78 is 7.74.